The summed E-state index contributed by atoms with van der Waals surface area (Å²) < 4.78 is 5.81. The summed E-state index contributed by atoms with van der Waals surface area (Å²) in [7, 11) is 1.83. The van der Waals surface area contributed by atoms with Gasteiger partial charge in [0.15, 0.2) is 0 Å². The number of nitrogens with one attached hydrogen (secondary N) is 1. The van der Waals surface area contributed by atoms with Crippen molar-refractivity contribution < 1.29 is 4.74 Å². The fourth-order valence-electron chi connectivity index (χ4n) is 2.72. The smallest absolute Gasteiger partial charge is 0.0775 e. The van der Waals surface area contributed by atoms with Crippen molar-refractivity contribution >= 4 is 0 Å². The number of aryl methyl sites for hydroxylation is 1. The van der Waals surface area contributed by atoms with E-state index in [0.717, 1.165) is 19.4 Å². The molecule has 2 heteroatoms. The first-order valence-corrected chi connectivity index (χ1v) is 7.70. The van der Waals surface area contributed by atoms with E-state index < -0.39 is 0 Å². The summed E-state index contributed by atoms with van der Waals surface area (Å²) in [5, 5.41) is 3.67. The van der Waals surface area contributed by atoms with Crippen LogP contribution in [-0.4, -0.2) is 25.8 Å². The van der Waals surface area contributed by atoms with Crippen LogP contribution in [-0.2, 0) is 11.2 Å². The zero-order valence-electron chi connectivity index (χ0n) is 14.0. The van der Waals surface area contributed by atoms with Crippen LogP contribution in [0.5, 0.6) is 0 Å². The summed E-state index contributed by atoms with van der Waals surface area (Å²) in [6.07, 6.45) is 2.36. The van der Waals surface area contributed by atoms with Crippen molar-refractivity contribution in [3.05, 3.63) is 35.4 Å². The topological polar surface area (TPSA) is 21.3 Å². The van der Waals surface area contributed by atoms with Crippen molar-refractivity contribution in [1.29, 1.82) is 0 Å². The molecule has 0 saturated carbocycles. The van der Waals surface area contributed by atoms with E-state index in [1.807, 2.05) is 7.11 Å². The van der Waals surface area contributed by atoms with E-state index in [0.29, 0.717) is 6.04 Å². The highest BCUT2D eigenvalue weighted by atomic mass is 16.5. The van der Waals surface area contributed by atoms with Crippen LogP contribution in [0.4, 0.5) is 0 Å². The van der Waals surface area contributed by atoms with Gasteiger partial charge in [0.05, 0.1) is 6.10 Å². The first-order chi connectivity index (χ1) is 9.38. The summed E-state index contributed by atoms with van der Waals surface area (Å²) in [6, 6.07) is 9.18. The van der Waals surface area contributed by atoms with Crippen molar-refractivity contribution in [1.82, 2.24) is 5.32 Å². The van der Waals surface area contributed by atoms with Crippen LogP contribution in [0.3, 0.4) is 0 Å². The normalized spacial score (nSPS) is 15.1. The maximum atomic E-state index is 5.81. The molecule has 0 heterocycles. The minimum absolute atomic E-state index is 0.130. The monoisotopic (exact) mass is 277 g/mol. The quantitative estimate of drug-likeness (QED) is 0.814. The van der Waals surface area contributed by atoms with Gasteiger partial charge >= 0.3 is 0 Å². The molecule has 0 aliphatic heterocycles. The Hall–Kier alpha value is -0.860. The molecule has 0 radical (unpaired) electrons. The van der Waals surface area contributed by atoms with Crippen LogP contribution in [0.15, 0.2) is 24.3 Å². The number of ether oxygens (including phenoxy) is 1. The van der Waals surface area contributed by atoms with Gasteiger partial charge in [-0.25, -0.2) is 0 Å². The zero-order chi connectivity index (χ0) is 15.2. The van der Waals surface area contributed by atoms with E-state index in [1.165, 1.54) is 11.1 Å². The first-order valence-electron chi connectivity index (χ1n) is 7.70. The lowest BCUT2D eigenvalue weighted by Crippen LogP contribution is -2.49. The molecule has 2 nitrogen and oxygen atoms in total. The van der Waals surface area contributed by atoms with Crippen molar-refractivity contribution in [3.63, 3.8) is 0 Å². The number of hydrogen-bond acceptors (Lipinski definition) is 2. The fourth-order valence-corrected chi connectivity index (χ4v) is 2.72. The van der Waals surface area contributed by atoms with Gasteiger partial charge in [-0.15, -0.1) is 0 Å². The van der Waals surface area contributed by atoms with Crippen LogP contribution >= 0.6 is 0 Å². The lowest BCUT2D eigenvalue weighted by Gasteiger charge is -2.36. The third-order valence-corrected chi connectivity index (χ3v) is 3.71. The van der Waals surface area contributed by atoms with E-state index in [2.05, 4.69) is 64.2 Å². The van der Waals surface area contributed by atoms with E-state index in [9.17, 15) is 0 Å². The lowest BCUT2D eigenvalue weighted by atomic mass is 9.82. The van der Waals surface area contributed by atoms with Crippen molar-refractivity contribution in [2.45, 2.75) is 59.6 Å². The van der Waals surface area contributed by atoms with Crippen LogP contribution in [0.1, 0.15) is 45.2 Å². The summed E-state index contributed by atoms with van der Waals surface area (Å²) in [6.45, 7) is 12.1. The largest absolute Gasteiger partial charge is 0.379 e. The molecular weight excluding hydrogens is 246 g/mol. The Balaban J connectivity index is 2.84. The SMILES string of the molecule is CCCNC(Cc1ccc(C)cc1)C(OC)C(C)(C)C. The fraction of sp³-hybridized carbons (Fsp3) is 0.667. The number of benzene rings is 1. The van der Waals surface area contributed by atoms with Gasteiger partial charge < -0.3 is 10.1 Å². The molecule has 0 fully saturated rings. The summed E-state index contributed by atoms with van der Waals surface area (Å²) >= 11 is 0. The highest BCUT2D eigenvalue weighted by Crippen LogP contribution is 2.26. The Labute approximate surface area is 124 Å². The van der Waals surface area contributed by atoms with Crippen LogP contribution < -0.4 is 5.32 Å². The van der Waals surface area contributed by atoms with Crippen LogP contribution in [0.25, 0.3) is 0 Å². The van der Waals surface area contributed by atoms with Crippen molar-refractivity contribution in [2.75, 3.05) is 13.7 Å². The van der Waals surface area contributed by atoms with Gasteiger partial charge in [0.25, 0.3) is 0 Å². The second-order valence-corrected chi connectivity index (χ2v) is 6.77. The summed E-state index contributed by atoms with van der Waals surface area (Å²) in [4.78, 5) is 0. The van der Waals surface area contributed by atoms with Gasteiger partial charge in [0.2, 0.25) is 0 Å². The molecule has 1 rings (SSSR count). The maximum absolute atomic E-state index is 5.81. The molecule has 0 aromatic heterocycles. The Morgan fingerprint density at radius 3 is 2.20 bits per heavy atom. The predicted octanol–water partition coefficient (Wildman–Crippen LogP) is 3.97. The number of methoxy groups -OCH3 is 1. The minimum Gasteiger partial charge on any atom is -0.379 e. The predicted molar refractivity (Wildman–Crippen MR) is 87.2 cm³/mol. The molecule has 0 bridgehead atoms. The zero-order valence-corrected chi connectivity index (χ0v) is 14.0. The molecule has 0 spiro atoms. The van der Waals surface area contributed by atoms with Gasteiger partial charge in [-0.3, -0.25) is 0 Å². The summed E-state index contributed by atoms with van der Waals surface area (Å²) in [5.41, 5.74) is 2.81. The first kappa shape index (κ1) is 17.2. The van der Waals surface area contributed by atoms with Crippen LogP contribution in [0.2, 0.25) is 0 Å². The van der Waals surface area contributed by atoms with Gasteiger partial charge in [-0.1, -0.05) is 57.5 Å². The molecule has 1 aromatic carbocycles. The third kappa shape index (κ3) is 5.26. The molecular formula is C18H31NO. The molecule has 0 aliphatic rings. The highest BCUT2D eigenvalue weighted by molar-refractivity contribution is 5.22. The molecule has 1 N–H and O–H groups in total. The Morgan fingerprint density at radius 2 is 1.75 bits per heavy atom. The average molecular weight is 277 g/mol. The Morgan fingerprint density at radius 1 is 1.15 bits per heavy atom. The number of hydrogen-bond donors (Lipinski definition) is 1. The molecule has 114 valence electrons. The van der Waals surface area contributed by atoms with E-state index in [4.69, 9.17) is 4.74 Å². The summed E-state index contributed by atoms with van der Waals surface area (Å²) in [5.74, 6) is 0. The standard InChI is InChI=1S/C18H31NO/c1-7-12-19-16(17(20-6)18(3,4)5)13-15-10-8-14(2)9-11-15/h8-11,16-17,19H,7,12-13H2,1-6H3. The van der Waals surface area contributed by atoms with Gasteiger partial charge in [0.1, 0.15) is 0 Å². The lowest BCUT2D eigenvalue weighted by molar-refractivity contribution is -0.0109. The van der Waals surface area contributed by atoms with Gasteiger partial charge in [0, 0.05) is 13.2 Å². The van der Waals surface area contributed by atoms with Gasteiger partial charge in [-0.05, 0) is 37.3 Å². The van der Waals surface area contributed by atoms with Crippen LogP contribution in [0, 0.1) is 12.3 Å². The number of rotatable bonds is 7. The molecule has 1 aromatic rings. The third-order valence-electron chi connectivity index (χ3n) is 3.71. The molecule has 0 aliphatic carbocycles. The molecule has 2 unspecified atom stereocenters. The molecule has 0 saturated heterocycles. The maximum Gasteiger partial charge on any atom is 0.0775 e. The Kier molecular flexibility index (Phi) is 6.70. The highest BCUT2D eigenvalue weighted by Gasteiger charge is 2.32. The average Bonchev–Trinajstić information content (AvgIpc) is 2.37. The second-order valence-electron chi connectivity index (χ2n) is 6.77. The molecule has 20 heavy (non-hydrogen) atoms. The van der Waals surface area contributed by atoms with E-state index in [-0.39, 0.29) is 11.5 Å². The van der Waals surface area contributed by atoms with Crippen molar-refractivity contribution in [2.24, 2.45) is 5.41 Å². The second kappa shape index (κ2) is 7.80. The van der Waals surface area contributed by atoms with E-state index in [1.54, 1.807) is 0 Å². The molecule has 0 amide bonds. The van der Waals surface area contributed by atoms with E-state index >= 15 is 0 Å². The Bertz CT molecular complexity index is 377. The minimum atomic E-state index is 0.130. The van der Waals surface area contributed by atoms with Crippen molar-refractivity contribution in [3.8, 4) is 0 Å². The molecule has 2 atom stereocenters. The van der Waals surface area contributed by atoms with Gasteiger partial charge in [-0.2, -0.15) is 0 Å².